The van der Waals surface area contributed by atoms with E-state index in [0.29, 0.717) is 0 Å². The van der Waals surface area contributed by atoms with Gasteiger partial charge in [-0.25, -0.2) is 0 Å². The predicted molar refractivity (Wildman–Crippen MR) is 88.6 cm³/mol. The van der Waals surface area contributed by atoms with E-state index in [4.69, 9.17) is 12.3 Å². The predicted octanol–water partition coefficient (Wildman–Crippen LogP) is 1.76. The highest BCUT2D eigenvalue weighted by molar-refractivity contribution is 6.78. The van der Waals surface area contributed by atoms with Crippen LogP contribution in [0.2, 0.25) is 39.3 Å². The fourth-order valence-electron chi connectivity index (χ4n) is 1.81. The van der Waals surface area contributed by atoms with Gasteiger partial charge in [-0.2, -0.15) is 0 Å². The zero-order valence-electron chi connectivity index (χ0n) is 13.3. The molecule has 4 nitrogen and oxygen atoms in total. The summed E-state index contributed by atoms with van der Waals surface area (Å²) in [5.74, 6) is 0. The summed E-state index contributed by atoms with van der Waals surface area (Å²) in [6, 6.07) is 0. The molecule has 0 radical (unpaired) electrons. The highest BCUT2D eigenvalue weighted by Crippen LogP contribution is 2.19. The van der Waals surface area contributed by atoms with Crippen molar-refractivity contribution in [3.05, 3.63) is 0 Å². The van der Waals surface area contributed by atoms with Gasteiger partial charge in [0.2, 0.25) is 0 Å². The van der Waals surface area contributed by atoms with E-state index < -0.39 is 36.1 Å². The van der Waals surface area contributed by atoms with Crippen molar-refractivity contribution in [2.45, 2.75) is 53.1 Å². The summed E-state index contributed by atoms with van der Waals surface area (Å²) in [4.78, 5) is 0. The third-order valence-corrected chi connectivity index (χ3v) is 12.9. The van der Waals surface area contributed by atoms with Crippen molar-refractivity contribution in [1.29, 1.82) is 0 Å². The first-order valence-electron chi connectivity index (χ1n) is 7.05. The Morgan fingerprint density at radius 1 is 0.722 bits per heavy atom. The molecule has 0 unspecified atom stereocenters. The topological polar surface area (TPSA) is 30.9 Å². The molecule has 0 fully saturated rings. The van der Waals surface area contributed by atoms with E-state index in [1.807, 2.05) is 0 Å². The van der Waals surface area contributed by atoms with Crippen molar-refractivity contribution in [3.63, 3.8) is 0 Å². The number of nitrogens with zero attached hydrogens (tertiary/aromatic N) is 1. The first-order valence-corrected chi connectivity index (χ1v) is 17.1. The van der Waals surface area contributed by atoms with Gasteiger partial charge in [0.15, 0.2) is 27.1 Å². The second-order valence-electron chi connectivity index (χ2n) is 5.20. The quantitative estimate of drug-likeness (QED) is 0.605. The second kappa shape index (κ2) is 8.79. The van der Waals surface area contributed by atoms with Crippen LogP contribution in [0.15, 0.2) is 0 Å². The zero-order valence-corrected chi connectivity index (χ0v) is 17.8. The number of hydrogen-bond acceptors (Lipinski definition) is 4. The molecule has 0 atom stereocenters. The summed E-state index contributed by atoms with van der Waals surface area (Å²) in [6.45, 7) is 19.4. The van der Waals surface area contributed by atoms with Crippen molar-refractivity contribution in [1.82, 2.24) is 4.57 Å². The minimum Gasteiger partial charge on any atom is -0.408 e. The molecule has 0 aromatic heterocycles. The summed E-state index contributed by atoms with van der Waals surface area (Å²) in [5.41, 5.74) is 0. The summed E-state index contributed by atoms with van der Waals surface area (Å²) >= 11 is 0. The molecule has 8 heteroatoms. The van der Waals surface area contributed by atoms with E-state index in [9.17, 15) is 0 Å². The minimum atomic E-state index is -2.60. The number of hydrogen-bond donors (Lipinski definition) is 0. The van der Waals surface area contributed by atoms with Gasteiger partial charge < -0.3 is 12.3 Å². The fraction of sp³-hybridized carbons (Fsp3) is 1.00. The van der Waals surface area contributed by atoms with Gasteiger partial charge in [-0.05, 0) is 52.4 Å². The van der Waals surface area contributed by atoms with Gasteiger partial charge in [0, 0.05) is 0 Å². The molecule has 18 heavy (non-hydrogen) atoms. The summed E-state index contributed by atoms with van der Waals surface area (Å²) < 4.78 is 21.3. The third kappa shape index (κ3) is 6.24. The van der Waals surface area contributed by atoms with Gasteiger partial charge in [-0.3, -0.25) is 4.57 Å². The van der Waals surface area contributed by atoms with E-state index in [1.165, 1.54) is 0 Å². The molecule has 0 bridgehead atoms. The van der Waals surface area contributed by atoms with Crippen LogP contribution in [0.1, 0.15) is 13.8 Å². The molecule has 0 N–H and O–H groups in total. The Morgan fingerprint density at radius 2 is 1.00 bits per heavy atom. The van der Waals surface area contributed by atoms with Crippen LogP contribution in [0.3, 0.4) is 0 Å². The van der Waals surface area contributed by atoms with Gasteiger partial charge in [0.1, 0.15) is 0 Å². The normalized spacial score (nSPS) is 13.3. The maximum Gasteiger partial charge on any atom is 0.567 e. The highest BCUT2D eigenvalue weighted by Gasteiger charge is 2.48. The van der Waals surface area contributed by atoms with Crippen molar-refractivity contribution in [3.8, 4) is 0 Å². The van der Waals surface area contributed by atoms with E-state index in [0.717, 1.165) is 13.1 Å². The first-order chi connectivity index (χ1) is 8.27. The van der Waals surface area contributed by atoms with Crippen LogP contribution >= 0.6 is 0 Å². The Balaban J connectivity index is 5.21. The van der Waals surface area contributed by atoms with Gasteiger partial charge >= 0.3 is 8.97 Å². The van der Waals surface area contributed by atoms with Crippen molar-refractivity contribution in [2.75, 3.05) is 13.1 Å². The van der Waals surface area contributed by atoms with E-state index in [-0.39, 0.29) is 0 Å². The molecule has 0 rings (SSSR count). The van der Waals surface area contributed by atoms with Crippen LogP contribution in [0.25, 0.3) is 0 Å². The molecule has 0 saturated carbocycles. The van der Waals surface area contributed by atoms with E-state index >= 15 is 0 Å². The highest BCUT2D eigenvalue weighted by atomic mass is 28.5. The Labute approximate surface area is 119 Å². The lowest BCUT2D eigenvalue weighted by Gasteiger charge is -2.41. The lowest BCUT2D eigenvalue weighted by atomic mass is 10.7. The van der Waals surface area contributed by atoms with Gasteiger partial charge in [0.25, 0.3) is 0 Å². The Morgan fingerprint density at radius 3 is 1.17 bits per heavy atom. The molecule has 0 spiro atoms. The maximum atomic E-state index is 6.33. The standard InChI is InChI=1S/C10H31NO3Si4/c1-9-11(10-2)18(12-15(3)4,13-16(5)6)14-17(7)8/h15-17H,9-10H2,1-8H3. The van der Waals surface area contributed by atoms with Crippen molar-refractivity contribution in [2.24, 2.45) is 0 Å². The molecule has 0 aliphatic heterocycles. The Kier molecular flexibility index (Phi) is 9.14. The van der Waals surface area contributed by atoms with E-state index in [1.54, 1.807) is 0 Å². The Hall–Kier alpha value is 0.708. The molecule has 0 aromatic carbocycles. The lowest BCUT2D eigenvalue weighted by molar-refractivity contribution is 0.171. The van der Waals surface area contributed by atoms with Crippen LogP contribution in [0, 0.1) is 0 Å². The minimum absolute atomic E-state index is 0.937. The molecule has 0 aromatic rings. The maximum absolute atomic E-state index is 6.33. The molecule has 110 valence electrons. The first kappa shape index (κ1) is 18.7. The molecule has 0 amide bonds. The number of rotatable bonds is 9. The average molecular weight is 326 g/mol. The molecular weight excluding hydrogens is 294 g/mol. The van der Waals surface area contributed by atoms with E-state index in [2.05, 4.69) is 57.7 Å². The van der Waals surface area contributed by atoms with Crippen LogP contribution in [0.4, 0.5) is 0 Å². The lowest BCUT2D eigenvalue weighted by Crippen LogP contribution is -2.65. The molecule has 0 heterocycles. The van der Waals surface area contributed by atoms with Crippen molar-refractivity contribution < 1.29 is 12.3 Å². The Bertz CT molecular complexity index is 199. The second-order valence-corrected chi connectivity index (χ2v) is 16.0. The summed E-state index contributed by atoms with van der Waals surface area (Å²) in [5, 5.41) is 0. The van der Waals surface area contributed by atoms with Gasteiger partial charge in [-0.1, -0.05) is 13.8 Å². The SMILES string of the molecule is CCN(CC)[Si](O[SiH](C)C)(O[SiH](C)C)O[SiH](C)C. The van der Waals surface area contributed by atoms with Crippen LogP contribution in [0.5, 0.6) is 0 Å². The largest absolute Gasteiger partial charge is 0.567 e. The van der Waals surface area contributed by atoms with Crippen molar-refractivity contribution >= 4 is 36.1 Å². The third-order valence-electron chi connectivity index (χ3n) is 2.30. The zero-order chi connectivity index (χ0) is 14.3. The van der Waals surface area contributed by atoms with Crippen LogP contribution < -0.4 is 0 Å². The molecule has 0 saturated heterocycles. The smallest absolute Gasteiger partial charge is 0.408 e. The summed E-state index contributed by atoms with van der Waals surface area (Å²) in [6.07, 6.45) is 0. The van der Waals surface area contributed by atoms with Crippen LogP contribution in [-0.4, -0.2) is 53.7 Å². The summed E-state index contributed by atoms with van der Waals surface area (Å²) in [7, 11) is -6.14. The fourth-order valence-corrected chi connectivity index (χ4v) is 13.7. The molecular formula is C10H31NO3Si4. The molecule has 0 aliphatic carbocycles. The van der Waals surface area contributed by atoms with Gasteiger partial charge in [-0.15, -0.1) is 0 Å². The van der Waals surface area contributed by atoms with Crippen LogP contribution in [-0.2, 0) is 12.3 Å². The molecule has 0 aliphatic rings. The van der Waals surface area contributed by atoms with Gasteiger partial charge in [0.05, 0.1) is 0 Å². The average Bonchev–Trinajstić information content (AvgIpc) is 2.15. The monoisotopic (exact) mass is 325 g/mol.